The number of hydrogen-bond acceptors (Lipinski definition) is 12. The summed E-state index contributed by atoms with van der Waals surface area (Å²) in [7, 11) is 19.2. The minimum Gasteiger partial charge on any atom is -1.00 e. The van der Waals surface area contributed by atoms with Crippen LogP contribution in [0, 0.1) is 0 Å². The van der Waals surface area contributed by atoms with Crippen molar-refractivity contribution in [1.29, 1.82) is 0 Å². The number of ether oxygens (including phenoxy) is 10. The molecule has 0 spiro atoms. The van der Waals surface area contributed by atoms with E-state index in [9.17, 15) is 9.59 Å². The number of methoxy groups -OCH3 is 9. The SMILES string of the molecule is COc1ccc(CC2c3cc(OC)c(OC)cc3CC[N+]2(C)CCCOC(=O)/C=C\C(=O)CCC[N+]2(C)CCc3cc(OC)c(OC)cc3C2Cc2cc(OC)c(OC)c(OC)c2)cc1OC.[Cl-].[Cl-]. The van der Waals surface area contributed by atoms with Gasteiger partial charge in [-0.1, -0.05) is 6.07 Å². The Morgan fingerprint density at radius 2 is 0.957 bits per heavy atom. The van der Waals surface area contributed by atoms with E-state index in [4.69, 9.17) is 47.4 Å². The van der Waals surface area contributed by atoms with Crippen molar-refractivity contribution in [3.8, 4) is 51.7 Å². The lowest BCUT2D eigenvalue weighted by molar-refractivity contribution is -0.941. The highest BCUT2D eigenvalue weighted by Gasteiger charge is 2.41. The van der Waals surface area contributed by atoms with Crippen molar-refractivity contribution in [2.45, 2.75) is 57.0 Å². The highest BCUT2D eigenvalue weighted by molar-refractivity contribution is 5.95. The summed E-state index contributed by atoms with van der Waals surface area (Å²) in [5.41, 5.74) is 6.95. The average molecular weight is 998 g/mol. The van der Waals surface area contributed by atoms with Gasteiger partial charge in [0.25, 0.3) is 0 Å². The minimum atomic E-state index is -0.528. The van der Waals surface area contributed by atoms with Crippen molar-refractivity contribution in [2.24, 2.45) is 0 Å². The Labute approximate surface area is 420 Å². The molecule has 0 aromatic heterocycles. The third kappa shape index (κ3) is 12.8. The fourth-order valence-corrected chi connectivity index (χ4v) is 10.1. The molecule has 0 radical (unpaired) electrons. The summed E-state index contributed by atoms with van der Waals surface area (Å²) in [6.07, 6.45) is 7.30. The molecule has 6 rings (SSSR count). The van der Waals surface area contributed by atoms with Crippen LogP contribution >= 0.6 is 0 Å². The standard InChI is InChI=1S/C53H70N2O12.2ClH/c1-54(23-19-38-32-47(61-6)49(63-8)34-41(38)43(54)27-36-29-50(64-9)53(66-11)51(30-36)65-10)21-12-14-39(56)16-18-52(57)67-25-13-22-55(2)24-20-37-31-46(60-5)48(62-7)33-40(37)42(55)26-35-15-17-44(58-3)45(28-35)59-4;;/h15-18,28-34,42-43H,12-14,19-27H2,1-11H3;2*1H/q+2;;/p-2/b18-16-;;. The lowest BCUT2D eigenvalue weighted by atomic mass is 9.86. The largest absolute Gasteiger partial charge is 1.00 e. The molecular weight excluding hydrogens is 927 g/mol. The summed E-state index contributed by atoms with van der Waals surface area (Å²) < 4.78 is 58.1. The number of carbonyl (C=O) groups excluding carboxylic acids is 2. The predicted molar refractivity (Wildman–Crippen MR) is 256 cm³/mol. The maximum absolute atomic E-state index is 13.2. The normalized spacial score (nSPS) is 19.1. The first-order valence-corrected chi connectivity index (χ1v) is 22.9. The van der Waals surface area contributed by atoms with Crippen molar-refractivity contribution in [1.82, 2.24) is 0 Å². The lowest BCUT2D eigenvalue weighted by Gasteiger charge is -2.46. The second-order valence-corrected chi connectivity index (χ2v) is 17.8. The van der Waals surface area contributed by atoms with E-state index in [0.717, 1.165) is 61.1 Å². The highest BCUT2D eigenvalue weighted by Crippen LogP contribution is 2.46. The summed E-state index contributed by atoms with van der Waals surface area (Å²) >= 11 is 0. The summed E-state index contributed by atoms with van der Waals surface area (Å²) in [4.78, 5) is 26.2. The van der Waals surface area contributed by atoms with Crippen molar-refractivity contribution in [2.75, 3.05) is 111 Å². The number of hydrogen-bond donors (Lipinski definition) is 0. The van der Waals surface area contributed by atoms with Crippen LogP contribution in [0.4, 0.5) is 0 Å². The molecule has 4 unspecified atom stereocenters. The first-order chi connectivity index (χ1) is 32.3. The number of carbonyl (C=O) groups is 2. The smallest absolute Gasteiger partial charge is 0.330 e. The zero-order chi connectivity index (χ0) is 48.3. The van der Waals surface area contributed by atoms with E-state index in [1.165, 1.54) is 34.4 Å². The van der Waals surface area contributed by atoms with Crippen LogP contribution < -0.4 is 67.4 Å². The van der Waals surface area contributed by atoms with E-state index in [0.29, 0.717) is 81.9 Å². The fourth-order valence-electron chi connectivity index (χ4n) is 10.1. The van der Waals surface area contributed by atoms with E-state index in [1.807, 2.05) is 24.3 Å². The van der Waals surface area contributed by atoms with Crippen LogP contribution in [0.3, 0.4) is 0 Å². The first kappa shape index (κ1) is 56.1. The predicted octanol–water partition coefficient (Wildman–Crippen LogP) is 1.88. The lowest BCUT2D eigenvalue weighted by Crippen LogP contribution is -3.00. The van der Waals surface area contributed by atoms with E-state index in [2.05, 4.69) is 44.4 Å². The van der Waals surface area contributed by atoms with Gasteiger partial charge in [0, 0.05) is 62.1 Å². The van der Waals surface area contributed by atoms with Gasteiger partial charge in [0.2, 0.25) is 5.75 Å². The van der Waals surface area contributed by atoms with Gasteiger partial charge in [-0.15, -0.1) is 0 Å². The molecule has 0 aliphatic carbocycles. The van der Waals surface area contributed by atoms with Crippen molar-refractivity contribution < 1.29 is 90.7 Å². The number of quaternary nitrogens is 2. The molecule has 0 amide bonds. The molecule has 16 heteroatoms. The Bertz CT molecular complexity index is 2390. The molecule has 4 aromatic rings. The number of nitrogens with zero attached hydrogens (tertiary/aromatic N) is 2. The Morgan fingerprint density at radius 1 is 0.522 bits per heavy atom. The fraction of sp³-hybridized carbons (Fsp3) is 0.472. The second-order valence-electron chi connectivity index (χ2n) is 17.8. The van der Waals surface area contributed by atoms with Gasteiger partial charge in [-0.05, 0) is 76.9 Å². The average Bonchev–Trinajstić information content (AvgIpc) is 3.35. The quantitative estimate of drug-likeness (QED) is 0.0467. The number of benzene rings is 4. The van der Waals surface area contributed by atoms with Crippen LogP contribution in [-0.4, -0.2) is 132 Å². The van der Waals surface area contributed by atoms with Gasteiger partial charge in [0.1, 0.15) is 12.1 Å². The van der Waals surface area contributed by atoms with Gasteiger partial charge in [0.15, 0.2) is 51.8 Å². The zero-order valence-corrected chi connectivity index (χ0v) is 43.6. The van der Waals surface area contributed by atoms with Crippen molar-refractivity contribution >= 4 is 11.8 Å². The van der Waals surface area contributed by atoms with E-state index in [-0.39, 0.29) is 49.3 Å². The summed E-state index contributed by atoms with van der Waals surface area (Å²) in [6, 6.07) is 18.5. The molecule has 2 aliphatic heterocycles. The number of esters is 1. The Hall–Kier alpha value is -5.54. The molecular formula is C53H70Cl2N2O12. The van der Waals surface area contributed by atoms with Crippen LogP contribution in [0.2, 0.25) is 0 Å². The topological polar surface area (TPSA) is 126 Å². The Morgan fingerprint density at radius 3 is 1.43 bits per heavy atom. The van der Waals surface area contributed by atoms with Gasteiger partial charge >= 0.3 is 5.97 Å². The molecule has 2 heterocycles. The molecule has 0 saturated heterocycles. The summed E-state index contributed by atoms with van der Waals surface area (Å²) in [6.45, 7) is 3.49. The van der Waals surface area contributed by atoms with Crippen LogP contribution in [0.25, 0.3) is 0 Å². The number of halogens is 2. The van der Waals surface area contributed by atoms with Gasteiger partial charge in [0.05, 0.1) is 111 Å². The van der Waals surface area contributed by atoms with Crippen LogP contribution in [0.5, 0.6) is 51.7 Å². The maximum atomic E-state index is 13.2. The molecule has 14 nitrogen and oxygen atoms in total. The molecule has 0 N–H and O–H groups in total. The Balaban J connectivity index is 0.00000518. The number of fused-ring (bicyclic) bond motifs is 2. The van der Waals surface area contributed by atoms with Gasteiger partial charge < -0.3 is 81.1 Å². The van der Waals surface area contributed by atoms with Gasteiger partial charge in [-0.25, -0.2) is 4.79 Å². The zero-order valence-electron chi connectivity index (χ0n) is 42.0. The van der Waals surface area contributed by atoms with Crippen LogP contribution in [-0.2, 0) is 40.0 Å². The second kappa shape index (κ2) is 25.4. The van der Waals surface area contributed by atoms with Gasteiger partial charge in [-0.3, -0.25) is 4.79 Å². The van der Waals surface area contributed by atoms with Crippen molar-refractivity contribution in [3.05, 3.63) is 100 Å². The van der Waals surface area contributed by atoms with Gasteiger partial charge in [-0.2, -0.15) is 0 Å². The molecule has 4 aromatic carbocycles. The molecule has 69 heavy (non-hydrogen) atoms. The number of likely N-dealkylation sites (N-methyl/N-ethyl adjacent to an activating group) is 2. The maximum Gasteiger partial charge on any atom is 0.330 e. The molecule has 0 saturated carbocycles. The third-order valence-electron chi connectivity index (χ3n) is 13.9. The first-order valence-electron chi connectivity index (χ1n) is 22.9. The van der Waals surface area contributed by atoms with E-state index >= 15 is 0 Å². The Kier molecular flexibility index (Phi) is 20.6. The third-order valence-corrected chi connectivity index (χ3v) is 13.9. The monoisotopic (exact) mass is 996 g/mol. The summed E-state index contributed by atoms with van der Waals surface area (Å²) in [5.74, 6) is 5.20. The molecule has 0 bridgehead atoms. The van der Waals surface area contributed by atoms with E-state index < -0.39 is 5.97 Å². The van der Waals surface area contributed by atoms with E-state index in [1.54, 1.807) is 64.0 Å². The molecule has 0 fully saturated rings. The molecule has 4 atom stereocenters. The minimum absolute atomic E-state index is 0. The van der Waals surface area contributed by atoms with Crippen molar-refractivity contribution in [3.63, 3.8) is 0 Å². The number of ketones is 1. The molecule has 378 valence electrons. The summed E-state index contributed by atoms with van der Waals surface area (Å²) in [5, 5.41) is 0. The van der Waals surface area contributed by atoms with Crippen LogP contribution in [0.15, 0.2) is 66.7 Å². The number of allylic oxidation sites excluding steroid dienone is 1. The number of rotatable bonds is 23. The highest BCUT2D eigenvalue weighted by atomic mass is 35.5. The van der Waals surface area contributed by atoms with Crippen LogP contribution in [0.1, 0.15) is 64.7 Å². The molecule has 2 aliphatic rings.